The second kappa shape index (κ2) is 11.7. The molecule has 39 heavy (non-hydrogen) atoms. The van der Waals surface area contributed by atoms with Gasteiger partial charge < -0.3 is 41.0 Å². The predicted molar refractivity (Wildman–Crippen MR) is 140 cm³/mol. The normalized spacial score (nSPS) is 19.2. The number of nitrogens with one attached hydrogen (secondary N) is 4. The van der Waals surface area contributed by atoms with Crippen molar-refractivity contribution in [2.24, 2.45) is 5.73 Å². The lowest BCUT2D eigenvalue weighted by molar-refractivity contribution is -0.167. The minimum atomic E-state index is -1.70. The van der Waals surface area contributed by atoms with Gasteiger partial charge in [0, 0.05) is 42.9 Å². The minimum absolute atomic E-state index is 0.0294. The Kier molecular flexibility index (Phi) is 8.31. The largest absolute Gasteiger partial charge is 0.480 e. The van der Waals surface area contributed by atoms with Crippen LogP contribution >= 0.6 is 0 Å². The van der Waals surface area contributed by atoms with Crippen LogP contribution in [0.2, 0.25) is 0 Å². The van der Waals surface area contributed by atoms with Gasteiger partial charge in [-0.2, -0.15) is 0 Å². The Morgan fingerprint density at radius 3 is 2.28 bits per heavy atom. The Balaban J connectivity index is 1.88. The van der Waals surface area contributed by atoms with Crippen LogP contribution in [0.5, 0.6) is 0 Å². The van der Waals surface area contributed by atoms with Crippen LogP contribution in [-0.4, -0.2) is 95.8 Å². The highest BCUT2D eigenvalue weighted by Crippen LogP contribution is 2.41. The van der Waals surface area contributed by atoms with Gasteiger partial charge in [0.1, 0.15) is 11.4 Å². The van der Waals surface area contributed by atoms with Crippen molar-refractivity contribution < 1.29 is 28.7 Å². The molecule has 208 valence electrons. The van der Waals surface area contributed by atoms with E-state index >= 15 is 0 Å². The van der Waals surface area contributed by atoms with E-state index in [-0.39, 0.29) is 49.9 Å². The zero-order chi connectivity index (χ0) is 28.2. The highest BCUT2D eigenvalue weighted by Gasteiger charge is 2.59. The number of benzene rings is 1. The third-order valence-corrected chi connectivity index (χ3v) is 7.31. The van der Waals surface area contributed by atoms with Crippen LogP contribution in [0.25, 0.3) is 0 Å². The van der Waals surface area contributed by atoms with Crippen molar-refractivity contribution in [3.63, 3.8) is 0 Å². The van der Waals surface area contributed by atoms with Crippen LogP contribution in [0, 0.1) is 5.41 Å². The SMILES string of the molecule is CCC(NC(=O)c1ccc(C(=N)N)cc1)C(c1ccoc1)(C(C(=O)O)N1CCNCC1=O)N1CCNCC1=O. The number of nitrogens with two attached hydrogens (primary N) is 1. The van der Waals surface area contributed by atoms with Crippen LogP contribution in [0.15, 0.2) is 47.3 Å². The highest BCUT2D eigenvalue weighted by molar-refractivity contribution is 5.98. The first-order valence-electron chi connectivity index (χ1n) is 12.7. The first kappa shape index (κ1) is 27.8. The number of carbonyl (C=O) groups excluding carboxylic acids is 3. The van der Waals surface area contributed by atoms with Gasteiger partial charge in [-0.3, -0.25) is 19.8 Å². The van der Waals surface area contributed by atoms with Crippen LogP contribution in [-0.2, 0) is 19.9 Å². The summed E-state index contributed by atoms with van der Waals surface area (Å²) in [5.41, 5.74) is 4.89. The first-order valence-corrected chi connectivity index (χ1v) is 12.7. The maximum Gasteiger partial charge on any atom is 0.329 e. The summed E-state index contributed by atoms with van der Waals surface area (Å²) in [4.78, 5) is 56.0. The van der Waals surface area contributed by atoms with Gasteiger partial charge >= 0.3 is 5.97 Å². The van der Waals surface area contributed by atoms with Gasteiger partial charge in [0.2, 0.25) is 11.8 Å². The average Bonchev–Trinajstić information content (AvgIpc) is 3.47. The van der Waals surface area contributed by atoms with Crippen molar-refractivity contribution >= 4 is 29.5 Å². The molecule has 2 saturated heterocycles. The Morgan fingerprint density at radius 1 is 1.10 bits per heavy atom. The molecule has 13 nitrogen and oxygen atoms in total. The Labute approximate surface area is 225 Å². The van der Waals surface area contributed by atoms with Crippen molar-refractivity contribution in [1.29, 1.82) is 5.41 Å². The summed E-state index contributed by atoms with van der Waals surface area (Å²) in [6, 6.07) is 5.22. The summed E-state index contributed by atoms with van der Waals surface area (Å²) in [7, 11) is 0. The lowest BCUT2D eigenvalue weighted by Crippen LogP contribution is -2.75. The number of amidine groups is 1. The standard InChI is InChI=1S/C26H33N7O6/c1-2-19(31-24(36)17-5-3-16(4-6-17)23(27)28)26(18-7-12-39-15-18,33-11-9-30-14-21(33)35)22(25(37)38)32-10-8-29-13-20(32)34/h3-7,12,15,19,22,29-30H,2,8-11,13-14H2,1H3,(H3,27,28)(H,31,36)(H,37,38). The number of hydrogen-bond donors (Lipinski definition) is 6. The number of hydrogen-bond acceptors (Lipinski definition) is 8. The minimum Gasteiger partial charge on any atom is -0.480 e. The Bertz CT molecular complexity index is 1230. The Morgan fingerprint density at radius 2 is 1.74 bits per heavy atom. The van der Waals surface area contributed by atoms with E-state index in [9.17, 15) is 24.3 Å². The molecule has 2 fully saturated rings. The van der Waals surface area contributed by atoms with Gasteiger partial charge in [-0.15, -0.1) is 0 Å². The number of furan rings is 1. The molecule has 3 unspecified atom stereocenters. The van der Waals surface area contributed by atoms with E-state index in [1.165, 1.54) is 34.5 Å². The monoisotopic (exact) mass is 539 g/mol. The fourth-order valence-electron chi connectivity index (χ4n) is 5.55. The van der Waals surface area contributed by atoms with E-state index in [0.717, 1.165) is 0 Å². The van der Waals surface area contributed by atoms with E-state index in [4.69, 9.17) is 15.6 Å². The summed E-state index contributed by atoms with van der Waals surface area (Å²) in [5.74, 6) is -2.76. The van der Waals surface area contributed by atoms with Crippen molar-refractivity contribution in [3.8, 4) is 0 Å². The summed E-state index contributed by atoms with van der Waals surface area (Å²) >= 11 is 0. The van der Waals surface area contributed by atoms with Gasteiger partial charge in [-0.1, -0.05) is 19.1 Å². The topological polar surface area (TPSA) is 194 Å². The molecule has 2 aromatic rings. The molecule has 7 N–H and O–H groups in total. The van der Waals surface area contributed by atoms with Crippen molar-refractivity contribution in [2.45, 2.75) is 31.0 Å². The molecule has 4 rings (SSSR count). The number of carboxylic acids is 1. The van der Waals surface area contributed by atoms with Gasteiger partial charge in [0.05, 0.1) is 31.7 Å². The lowest BCUT2D eigenvalue weighted by Gasteiger charge is -2.55. The predicted octanol–water partition coefficient (Wildman–Crippen LogP) is -0.716. The van der Waals surface area contributed by atoms with E-state index in [2.05, 4.69) is 16.0 Å². The third-order valence-electron chi connectivity index (χ3n) is 7.31. The van der Waals surface area contributed by atoms with E-state index < -0.39 is 35.4 Å². The van der Waals surface area contributed by atoms with Crippen LogP contribution < -0.4 is 21.7 Å². The Hall–Kier alpha value is -4.23. The number of rotatable bonds is 10. The van der Waals surface area contributed by atoms with E-state index in [1.54, 1.807) is 25.1 Å². The molecule has 3 atom stereocenters. The van der Waals surface area contributed by atoms with Gasteiger partial charge in [0.15, 0.2) is 6.04 Å². The molecule has 13 heteroatoms. The molecule has 0 saturated carbocycles. The average molecular weight is 540 g/mol. The van der Waals surface area contributed by atoms with Crippen LogP contribution in [0.3, 0.4) is 0 Å². The number of piperazine rings is 2. The van der Waals surface area contributed by atoms with Gasteiger partial charge in [-0.25, -0.2) is 4.79 Å². The summed E-state index contributed by atoms with van der Waals surface area (Å²) in [6.07, 6.45) is 2.97. The smallest absolute Gasteiger partial charge is 0.329 e. The number of nitrogens with zero attached hydrogens (tertiary/aromatic N) is 2. The third kappa shape index (κ3) is 5.22. The van der Waals surface area contributed by atoms with Crippen molar-refractivity contribution in [1.82, 2.24) is 25.8 Å². The van der Waals surface area contributed by atoms with Crippen molar-refractivity contribution in [2.75, 3.05) is 39.3 Å². The van der Waals surface area contributed by atoms with Gasteiger partial charge in [-0.05, 0) is 24.6 Å². The highest BCUT2D eigenvalue weighted by atomic mass is 16.4. The molecule has 0 spiro atoms. The number of carbonyl (C=O) groups is 4. The zero-order valence-electron chi connectivity index (χ0n) is 21.6. The molecule has 3 amide bonds. The summed E-state index contributed by atoms with van der Waals surface area (Å²) in [5, 5.41) is 27.2. The lowest BCUT2D eigenvalue weighted by atomic mass is 9.73. The molecular weight excluding hydrogens is 506 g/mol. The van der Waals surface area contributed by atoms with Crippen LogP contribution in [0.4, 0.5) is 0 Å². The van der Waals surface area contributed by atoms with E-state index in [1.807, 2.05) is 0 Å². The fraction of sp³-hybridized carbons (Fsp3) is 0.423. The van der Waals surface area contributed by atoms with E-state index in [0.29, 0.717) is 24.2 Å². The maximum atomic E-state index is 13.5. The molecule has 2 aliphatic rings. The summed E-state index contributed by atoms with van der Waals surface area (Å²) in [6.45, 7) is 2.72. The number of nitrogen functional groups attached to an aromatic ring is 1. The first-order chi connectivity index (χ1) is 18.7. The molecule has 0 radical (unpaired) electrons. The molecule has 1 aromatic heterocycles. The fourth-order valence-corrected chi connectivity index (χ4v) is 5.55. The molecule has 3 heterocycles. The quantitative estimate of drug-likeness (QED) is 0.167. The zero-order valence-corrected chi connectivity index (χ0v) is 21.6. The molecular formula is C26H33N7O6. The second-order valence-electron chi connectivity index (χ2n) is 9.49. The number of amides is 3. The molecule has 2 aliphatic heterocycles. The van der Waals surface area contributed by atoms with Gasteiger partial charge in [0.25, 0.3) is 5.91 Å². The molecule has 1 aromatic carbocycles. The maximum absolute atomic E-state index is 13.5. The molecule has 0 aliphatic carbocycles. The number of aliphatic carboxylic acids is 1. The second-order valence-corrected chi connectivity index (χ2v) is 9.49. The van der Waals surface area contributed by atoms with Crippen molar-refractivity contribution in [3.05, 3.63) is 59.5 Å². The summed E-state index contributed by atoms with van der Waals surface area (Å²) < 4.78 is 5.40. The molecule has 0 bridgehead atoms. The van der Waals surface area contributed by atoms with Crippen LogP contribution in [0.1, 0.15) is 34.8 Å². The number of carboxylic acid groups (broad SMARTS) is 1.